The number of hydrogen-bond acceptors (Lipinski definition) is 6. The molecular formula is C20H19ClFN3O3. The first kappa shape index (κ1) is 18.7. The smallest absolute Gasteiger partial charge is 0.162 e. The maximum atomic E-state index is 13.4. The van der Waals surface area contributed by atoms with Crippen molar-refractivity contribution in [2.24, 2.45) is 5.41 Å². The highest BCUT2D eigenvalue weighted by Crippen LogP contribution is 2.37. The van der Waals surface area contributed by atoms with Gasteiger partial charge in [-0.15, -0.1) is 0 Å². The van der Waals surface area contributed by atoms with E-state index < -0.39 is 5.82 Å². The molecule has 1 N–H and O–H groups in total. The van der Waals surface area contributed by atoms with E-state index in [9.17, 15) is 4.39 Å². The second kappa shape index (κ2) is 7.41. The van der Waals surface area contributed by atoms with Gasteiger partial charge in [-0.3, -0.25) is 0 Å². The third-order valence-corrected chi connectivity index (χ3v) is 4.87. The molecule has 6 nitrogen and oxygen atoms in total. The molecular weight excluding hydrogens is 385 g/mol. The van der Waals surface area contributed by atoms with Crippen LogP contribution >= 0.6 is 11.6 Å². The summed E-state index contributed by atoms with van der Waals surface area (Å²) in [6.45, 7) is 3.96. The van der Waals surface area contributed by atoms with Gasteiger partial charge in [-0.25, -0.2) is 14.4 Å². The zero-order valence-electron chi connectivity index (χ0n) is 15.5. The van der Waals surface area contributed by atoms with Crippen molar-refractivity contribution in [3.8, 4) is 11.5 Å². The molecule has 1 aliphatic heterocycles. The van der Waals surface area contributed by atoms with Gasteiger partial charge >= 0.3 is 0 Å². The van der Waals surface area contributed by atoms with Crippen molar-refractivity contribution in [1.29, 1.82) is 0 Å². The highest BCUT2D eigenvalue weighted by molar-refractivity contribution is 6.31. The zero-order chi connectivity index (χ0) is 19.7. The molecule has 3 aromatic rings. The first-order valence-electron chi connectivity index (χ1n) is 8.73. The number of methoxy groups -OCH3 is 1. The highest BCUT2D eigenvalue weighted by Gasteiger charge is 2.34. The SMILES string of the molecule is COc1cc2ncnc(Nc3ccc(F)c(Cl)c3)c2cc1OCC1(C)COC1. The maximum absolute atomic E-state index is 13.4. The summed E-state index contributed by atoms with van der Waals surface area (Å²) in [4.78, 5) is 8.62. The molecule has 2 heterocycles. The fourth-order valence-electron chi connectivity index (χ4n) is 2.93. The van der Waals surface area contributed by atoms with Gasteiger partial charge in [0, 0.05) is 22.6 Å². The quantitative estimate of drug-likeness (QED) is 0.649. The van der Waals surface area contributed by atoms with E-state index in [4.69, 9.17) is 25.8 Å². The fourth-order valence-corrected chi connectivity index (χ4v) is 3.11. The number of benzene rings is 2. The lowest BCUT2D eigenvalue weighted by Gasteiger charge is -2.37. The monoisotopic (exact) mass is 403 g/mol. The van der Waals surface area contributed by atoms with Gasteiger partial charge in [0.2, 0.25) is 0 Å². The van der Waals surface area contributed by atoms with Gasteiger partial charge in [-0.1, -0.05) is 18.5 Å². The van der Waals surface area contributed by atoms with E-state index in [0.717, 1.165) is 5.39 Å². The zero-order valence-corrected chi connectivity index (χ0v) is 16.2. The lowest BCUT2D eigenvalue weighted by atomic mass is 9.90. The average molecular weight is 404 g/mol. The van der Waals surface area contributed by atoms with Crippen molar-refractivity contribution in [2.75, 3.05) is 32.2 Å². The number of ether oxygens (including phenoxy) is 3. The van der Waals surface area contributed by atoms with Crippen LogP contribution in [0.3, 0.4) is 0 Å². The molecule has 4 rings (SSSR count). The van der Waals surface area contributed by atoms with Crippen LogP contribution in [-0.4, -0.2) is 36.9 Å². The van der Waals surface area contributed by atoms with Crippen LogP contribution in [0.15, 0.2) is 36.7 Å². The Balaban J connectivity index is 1.68. The minimum absolute atomic E-state index is 0.000896. The number of aromatic nitrogens is 2. The van der Waals surface area contributed by atoms with Gasteiger partial charge in [0.1, 0.15) is 18.0 Å². The minimum Gasteiger partial charge on any atom is -0.493 e. The van der Waals surface area contributed by atoms with Gasteiger partial charge < -0.3 is 19.5 Å². The Kier molecular flexibility index (Phi) is 4.95. The van der Waals surface area contributed by atoms with Gasteiger partial charge in [0.25, 0.3) is 0 Å². The van der Waals surface area contributed by atoms with Crippen LogP contribution in [0.25, 0.3) is 10.9 Å². The molecule has 1 aromatic heterocycles. The lowest BCUT2D eigenvalue weighted by molar-refractivity contribution is -0.120. The highest BCUT2D eigenvalue weighted by atomic mass is 35.5. The number of halogens is 2. The molecule has 0 radical (unpaired) electrons. The van der Waals surface area contributed by atoms with E-state index in [2.05, 4.69) is 22.2 Å². The molecule has 0 aliphatic carbocycles. The van der Waals surface area contributed by atoms with Gasteiger partial charge in [-0.2, -0.15) is 0 Å². The van der Waals surface area contributed by atoms with Crippen LogP contribution in [0, 0.1) is 11.2 Å². The van der Waals surface area contributed by atoms with Crippen molar-refractivity contribution >= 4 is 34.0 Å². The van der Waals surface area contributed by atoms with E-state index in [0.29, 0.717) is 48.3 Å². The molecule has 1 saturated heterocycles. The molecule has 1 aliphatic rings. The van der Waals surface area contributed by atoms with Crippen molar-refractivity contribution < 1.29 is 18.6 Å². The van der Waals surface area contributed by atoms with Crippen LogP contribution in [0.4, 0.5) is 15.9 Å². The molecule has 146 valence electrons. The Morgan fingerprint density at radius 2 is 2.04 bits per heavy atom. The molecule has 0 spiro atoms. The first-order valence-corrected chi connectivity index (χ1v) is 9.11. The Morgan fingerprint density at radius 3 is 2.71 bits per heavy atom. The van der Waals surface area contributed by atoms with E-state index >= 15 is 0 Å². The summed E-state index contributed by atoms with van der Waals surface area (Å²) in [5.74, 6) is 1.26. The molecule has 0 atom stereocenters. The van der Waals surface area contributed by atoms with Crippen LogP contribution in [-0.2, 0) is 4.74 Å². The predicted octanol–water partition coefficient (Wildman–Crippen LogP) is 4.59. The van der Waals surface area contributed by atoms with Crippen molar-refractivity contribution in [3.63, 3.8) is 0 Å². The number of hydrogen-bond donors (Lipinski definition) is 1. The molecule has 1 fully saturated rings. The fraction of sp³-hybridized carbons (Fsp3) is 0.300. The van der Waals surface area contributed by atoms with Crippen molar-refractivity contribution in [3.05, 3.63) is 47.5 Å². The Morgan fingerprint density at radius 1 is 1.21 bits per heavy atom. The molecule has 28 heavy (non-hydrogen) atoms. The Labute approximate surface area is 166 Å². The summed E-state index contributed by atoms with van der Waals surface area (Å²) in [6.07, 6.45) is 1.45. The normalized spacial score (nSPS) is 15.1. The summed E-state index contributed by atoms with van der Waals surface area (Å²) in [7, 11) is 1.59. The number of nitrogens with one attached hydrogen (secondary N) is 1. The second-order valence-electron chi connectivity index (χ2n) is 7.09. The summed E-state index contributed by atoms with van der Waals surface area (Å²) in [6, 6.07) is 8.03. The standard InChI is InChI=1S/C20H19ClFN3O3/c1-20(8-27-9-20)10-28-18-6-13-16(7-17(18)26-2)23-11-24-19(13)25-12-3-4-15(22)14(21)5-12/h3-7,11H,8-10H2,1-2H3,(H,23,24,25). The van der Waals surface area contributed by atoms with Gasteiger partial charge in [0.05, 0.1) is 37.5 Å². The average Bonchev–Trinajstić information content (AvgIpc) is 2.67. The van der Waals surface area contributed by atoms with E-state index in [1.165, 1.54) is 18.5 Å². The Bertz CT molecular complexity index is 1030. The minimum atomic E-state index is -0.478. The molecule has 0 amide bonds. The number of nitrogens with zero attached hydrogens (tertiary/aromatic N) is 2. The first-order chi connectivity index (χ1) is 13.5. The summed E-state index contributed by atoms with van der Waals surface area (Å²) in [5, 5.41) is 3.93. The van der Waals surface area contributed by atoms with Crippen molar-refractivity contribution in [1.82, 2.24) is 9.97 Å². The number of rotatable bonds is 6. The van der Waals surface area contributed by atoms with Crippen molar-refractivity contribution in [2.45, 2.75) is 6.92 Å². The molecule has 0 saturated carbocycles. The van der Waals surface area contributed by atoms with Crippen LogP contribution in [0.2, 0.25) is 5.02 Å². The lowest BCUT2D eigenvalue weighted by Crippen LogP contribution is -2.44. The van der Waals surface area contributed by atoms with Crippen LogP contribution < -0.4 is 14.8 Å². The number of anilines is 2. The topological polar surface area (TPSA) is 65.5 Å². The largest absolute Gasteiger partial charge is 0.493 e. The maximum Gasteiger partial charge on any atom is 0.162 e. The number of fused-ring (bicyclic) bond motifs is 1. The van der Waals surface area contributed by atoms with E-state index in [-0.39, 0.29) is 10.4 Å². The summed E-state index contributed by atoms with van der Waals surface area (Å²) < 4.78 is 30.2. The Hall–Kier alpha value is -2.64. The van der Waals surface area contributed by atoms with Gasteiger partial charge in [-0.05, 0) is 24.3 Å². The van der Waals surface area contributed by atoms with E-state index in [1.807, 2.05) is 6.07 Å². The van der Waals surface area contributed by atoms with Crippen LogP contribution in [0.1, 0.15) is 6.92 Å². The van der Waals surface area contributed by atoms with E-state index in [1.54, 1.807) is 19.2 Å². The molecule has 0 bridgehead atoms. The van der Waals surface area contributed by atoms with Gasteiger partial charge in [0.15, 0.2) is 11.5 Å². The summed E-state index contributed by atoms with van der Waals surface area (Å²) in [5.41, 5.74) is 1.30. The third kappa shape index (κ3) is 3.68. The summed E-state index contributed by atoms with van der Waals surface area (Å²) >= 11 is 5.87. The second-order valence-corrected chi connectivity index (χ2v) is 7.50. The molecule has 8 heteroatoms. The predicted molar refractivity (Wildman–Crippen MR) is 105 cm³/mol. The van der Waals surface area contributed by atoms with Crippen LogP contribution in [0.5, 0.6) is 11.5 Å². The molecule has 2 aromatic carbocycles. The third-order valence-electron chi connectivity index (χ3n) is 4.58. The molecule has 0 unspecified atom stereocenters.